The molecule has 0 aromatic heterocycles. The lowest BCUT2D eigenvalue weighted by Gasteiger charge is -2.20. The second-order valence-electron chi connectivity index (χ2n) is 8.28. The number of carbonyl (C=O) groups excluding carboxylic acids is 2. The average molecular weight is 478 g/mol. The first-order valence-corrected chi connectivity index (χ1v) is 11.4. The van der Waals surface area contributed by atoms with Crippen LogP contribution in [0.5, 0.6) is 5.75 Å². The Morgan fingerprint density at radius 2 is 1.62 bits per heavy atom. The van der Waals surface area contributed by atoms with Crippen molar-refractivity contribution in [3.63, 3.8) is 0 Å². The highest BCUT2D eigenvalue weighted by Crippen LogP contribution is 2.14. The number of hydrogen-bond acceptors (Lipinski definition) is 4. The van der Waals surface area contributed by atoms with Crippen LogP contribution in [0.4, 0.5) is 0 Å². The zero-order valence-electron chi connectivity index (χ0n) is 19.4. The molecular weight excluding hydrogens is 450 g/mol. The monoisotopic (exact) mass is 477 g/mol. The third kappa shape index (κ3) is 7.46. The number of hydrogen-bond donors (Lipinski definition) is 2. The smallest absolute Gasteiger partial charge is 0.262 e. The van der Waals surface area contributed by atoms with Gasteiger partial charge in [0.05, 0.1) is 6.21 Å². The fourth-order valence-corrected chi connectivity index (χ4v) is 3.23. The van der Waals surface area contributed by atoms with Crippen molar-refractivity contribution in [3.05, 3.63) is 100 Å². The number of ether oxygens (including phenoxy) is 1. The highest BCUT2D eigenvalue weighted by molar-refractivity contribution is 6.30. The molecule has 7 heteroatoms. The molecule has 0 aliphatic heterocycles. The molecule has 0 aliphatic carbocycles. The summed E-state index contributed by atoms with van der Waals surface area (Å²) in [6.07, 6.45) is 1.54. The molecule has 0 heterocycles. The third-order valence-electron chi connectivity index (χ3n) is 5.14. The molecule has 0 aliphatic rings. The highest BCUT2D eigenvalue weighted by Gasteiger charge is 2.24. The van der Waals surface area contributed by atoms with Crippen LogP contribution in [0.15, 0.2) is 77.9 Å². The van der Waals surface area contributed by atoms with E-state index in [1.165, 1.54) is 5.56 Å². The summed E-state index contributed by atoms with van der Waals surface area (Å²) < 4.78 is 5.81. The molecular formula is C27H28ClN3O3. The molecule has 176 valence electrons. The Labute approximate surface area is 205 Å². The van der Waals surface area contributed by atoms with Gasteiger partial charge in [-0.25, -0.2) is 5.43 Å². The maximum Gasteiger partial charge on any atom is 0.262 e. The van der Waals surface area contributed by atoms with E-state index in [0.717, 1.165) is 16.9 Å². The van der Waals surface area contributed by atoms with Gasteiger partial charge in [0.1, 0.15) is 18.4 Å². The Morgan fingerprint density at radius 1 is 0.971 bits per heavy atom. The number of hydrazone groups is 1. The van der Waals surface area contributed by atoms with Gasteiger partial charge >= 0.3 is 0 Å². The lowest BCUT2D eigenvalue weighted by Crippen LogP contribution is -2.48. The second kappa shape index (κ2) is 12.0. The lowest BCUT2D eigenvalue weighted by molar-refractivity contribution is -0.123. The van der Waals surface area contributed by atoms with Crippen molar-refractivity contribution >= 4 is 29.6 Å². The average Bonchev–Trinajstić information content (AvgIpc) is 2.83. The molecule has 1 atom stereocenters. The molecule has 3 aromatic rings. The van der Waals surface area contributed by atoms with E-state index in [1.807, 2.05) is 57.2 Å². The van der Waals surface area contributed by atoms with Gasteiger partial charge in [0, 0.05) is 10.6 Å². The minimum Gasteiger partial charge on any atom is -0.489 e. The Hall–Kier alpha value is -3.64. The van der Waals surface area contributed by atoms with Crippen molar-refractivity contribution in [2.75, 3.05) is 0 Å². The van der Waals surface area contributed by atoms with Crippen molar-refractivity contribution in [3.8, 4) is 5.75 Å². The number of nitrogens with one attached hydrogen (secondary N) is 2. The summed E-state index contributed by atoms with van der Waals surface area (Å²) in [6.45, 7) is 6.24. The van der Waals surface area contributed by atoms with E-state index in [2.05, 4.69) is 28.0 Å². The first kappa shape index (κ1) is 25.0. The first-order valence-electron chi connectivity index (χ1n) is 11.0. The van der Waals surface area contributed by atoms with E-state index < -0.39 is 11.9 Å². The summed E-state index contributed by atoms with van der Waals surface area (Å²) in [5, 5.41) is 7.32. The van der Waals surface area contributed by atoms with Gasteiger partial charge in [0.15, 0.2) is 0 Å². The van der Waals surface area contributed by atoms with Crippen molar-refractivity contribution < 1.29 is 14.3 Å². The second-order valence-corrected chi connectivity index (χ2v) is 8.72. The van der Waals surface area contributed by atoms with Gasteiger partial charge in [-0.3, -0.25) is 9.59 Å². The highest BCUT2D eigenvalue weighted by atomic mass is 35.5. The van der Waals surface area contributed by atoms with Crippen LogP contribution < -0.4 is 15.5 Å². The summed E-state index contributed by atoms with van der Waals surface area (Å²) in [7, 11) is 0. The van der Waals surface area contributed by atoms with Crippen LogP contribution in [0.2, 0.25) is 5.02 Å². The summed E-state index contributed by atoms with van der Waals surface area (Å²) in [4.78, 5) is 25.1. The van der Waals surface area contributed by atoms with Crippen molar-refractivity contribution in [1.82, 2.24) is 10.7 Å². The Bertz CT molecular complexity index is 1130. The van der Waals surface area contributed by atoms with E-state index in [1.54, 1.807) is 30.5 Å². The van der Waals surface area contributed by atoms with Crippen LogP contribution in [-0.4, -0.2) is 24.1 Å². The number of nitrogens with zero attached hydrogens (tertiary/aromatic N) is 1. The van der Waals surface area contributed by atoms with Crippen LogP contribution in [0.1, 0.15) is 40.9 Å². The number of aryl methyl sites for hydroxylation is 1. The number of rotatable bonds is 9. The topological polar surface area (TPSA) is 79.8 Å². The summed E-state index contributed by atoms with van der Waals surface area (Å²) in [6, 6.07) is 21.3. The minimum absolute atomic E-state index is 0.128. The molecule has 0 saturated heterocycles. The molecule has 1 unspecified atom stereocenters. The molecule has 34 heavy (non-hydrogen) atoms. The van der Waals surface area contributed by atoms with Crippen molar-refractivity contribution in [2.24, 2.45) is 11.0 Å². The first-order chi connectivity index (χ1) is 16.3. The van der Waals surface area contributed by atoms with Crippen LogP contribution in [-0.2, 0) is 11.4 Å². The molecule has 3 aromatic carbocycles. The molecule has 0 bridgehead atoms. The zero-order chi connectivity index (χ0) is 24.5. The maximum atomic E-state index is 12.6. The quantitative estimate of drug-likeness (QED) is 0.331. The molecule has 0 radical (unpaired) electrons. The minimum atomic E-state index is -0.738. The number of carbonyl (C=O) groups is 2. The predicted octanol–water partition coefficient (Wildman–Crippen LogP) is 5.13. The van der Waals surface area contributed by atoms with Crippen molar-refractivity contribution in [2.45, 2.75) is 33.4 Å². The molecule has 0 saturated carbocycles. The number of halogens is 1. The fraction of sp³-hybridized carbons (Fsp3) is 0.222. The van der Waals surface area contributed by atoms with Crippen LogP contribution in [0, 0.1) is 12.8 Å². The van der Waals surface area contributed by atoms with Crippen molar-refractivity contribution in [1.29, 1.82) is 0 Å². The van der Waals surface area contributed by atoms with E-state index in [0.29, 0.717) is 17.2 Å². The SMILES string of the molecule is Cc1ccc(COc2ccc(C=NNC(=O)C(NC(=O)c3ccc(Cl)cc3)C(C)C)cc2)cc1. The van der Waals surface area contributed by atoms with Gasteiger partial charge in [0.2, 0.25) is 0 Å². The van der Waals surface area contributed by atoms with Gasteiger partial charge in [-0.15, -0.1) is 0 Å². The zero-order valence-corrected chi connectivity index (χ0v) is 20.2. The van der Waals surface area contributed by atoms with E-state index in [4.69, 9.17) is 16.3 Å². The van der Waals surface area contributed by atoms with Crippen LogP contribution in [0.25, 0.3) is 0 Å². The van der Waals surface area contributed by atoms with Gasteiger partial charge in [-0.1, -0.05) is 55.3 Å². The molecule has 2 amide bonds. The normalized spacial score (nSPS) is 11.9. The number of amides is 2. The predicted molar refractivity (Wildman–Crippen MR) is 135 cm³/mol. The largest absolute Gasteiger partial charge is 0.489 e. The van der Waals surface area contributed by atoms with E-state index >= 15 is 0 Å². The van der Waals surface area contributed by atoms with Crippen LogP contribution in [0.3, 0.4) is 0 Å². The molecule has 3 rings (SSSR count). The third-order valence-corrected chi connectivity index (χ3v) is 5.39. The molecule has 2 N–H and O–H groups in total. The van der Waals surface area contributed by atoms with Gasteiger partial charge < -0.3 is 10.1 Å². The lowest BCUT2D eigenvalue weighted by atomic mass is 10.0. The van der Waals surface area contributed by atoms with Crippen LogP contribution >= 0.6 is 11.6 Å². The molecule has 6 nitrogen and oxygen atoms in total. The van der Waals surface area contributed by atoms with Gasteiger partial charge in [-0.05, 0) is 72.5 Å². The molecule has 0 fully saturated rings. The summed E-state index contributed by atoms with van der Waals surface area (Å²) in [5.74, 6) is -0.134. The number of benzene rings is 3. The van der Waals surface area contributed by atoms with E-state index in [-0.39, 0.29) is 11.8 Å². The Balaban J connectivity index is 1.52. The fourth-order valence-electron chi connectivity index (χ4n) is 3.10. The van der Waals surface area contributed by atoms with Gasteiger partial charge in [-0.2, -0.15) is 5.10 Å². The van der Waals surface area contributed by atoms with E-state index in [9.17, 15) is 9.59 Å². The van der Waals surface area contributed by atoms with Gasteiger partial charge in [0.25, 0.3) is 11.8 Å². The maximum absolute atomic E-state index is 12.6. The Kier molecular flexibility index (Phi) is 8.82. The summed E-state index contributed by atoms with van der Waals surface area (Å²) in [5.41, 5.74) is 6.05. The molecule has 0 spiro atoms. The summed E-state index contributed by atoms with van der Waals surface area (Å²) >= 11 is 5.87. The standard InChI is InChI=1S/C27H28ClN3O3/c1-18(2)25(30-26(32)22-10-12-23(28)13-11-22)27(33)31-29-16-20-8-14-24(15-9-20)34-17-21-6-4-19(3)5-7-21/h4-16,18,25H,17H2,1-3H3,(H,30,32)(H,31,33). The Morgan fingerprint density at radius 3 is 2.24 bits per heavy atom.